The molecule has 1 atom stereocenters. The van der Waals surface area contributed by atoms with Gasteiger partial charge in [0.05, 0.1) is 5.41 Å². The molecule has 1 unspecified atom stereocenters. The Labute approximate surface area is 110 Å². The highest BCUT2D eigenvalue weighted by Gasteiger charge is 2.40. The summed E-state index contributed by atoms with van der Waals surface area (Å²) in [5.74, 6) is -1.32. The molecule has 1 aromatic carbocycles. The Bertz CT molecular complexity index is 526. The monoisotopic (exact) mass is 265 g/mol. The number of nitrogens with zero attached hydrogens (tertiary/aromatic N) is 1. The fraction of sp³-hybridized carbons (Fsp3) is 0.385. The van der Waals surface area contributed by atoms with Crippen molar-refractivity contribution in [3.05, 3.63) is 29.6 Å². The first-order valence-electron chi connectivity index (χ1n) is 5.97. The average Bonchev–Trinajstić information content (AvgIpc) is 2.71. The Balaban J connectivity index is 2.20. The van der Waals surface area contributed by atoms with Gasteiger partial charge in [-0.15, -0.1) is 0 Å². The van der Waals surface area contributed by atoms with Crippen LogP contribution in [0.2, 0.25) is 0 Å². The van der Waals surface area contributed by atoms with Crippen LogP contribution in [0.1, 0.15) is 23.7 Å². The van der Waals surface area contributed by atoms with Gasteiger partial charge in [0.2, 0.25) is 5.91 Å². The Hall–Kier alpha value is -2.11. The molecule has 0 radical (unpaired) electrons. The molecule has 1 aliphatic rings. The van der Waals surface area contributed by atoms with Crippen molar-refractivity contribution in [3.63, 3.8) is 0 Å². The predicted molar refractivity (Wildman–Crippen MR) is 68.6 cm³/mol. The second-order valence-corrected chi connectivity index (χ2v) is 5.17. The van der Waals surface area contributed by atoms with Gasteiger partial charge in [0.1, 0.15) is 5.82 Å². The quantitative estimate of drug-likeness (QED) is 0.773. The number of primary amides is 1. The molecule has 102 valence electrons. The van der Waals surface area contributed by atoms with Crippen LogP contribution in [-0.4, -0.2) is 29.8 Å². The van der Waals surface area contributed by atoms with E-state index in [2.05, 4.69) is 0 Å². The average molecular weight is 265 g/mol. The lowest BCUT2D eigenvalue weighted by atomic mass is 9.89. The summed E-state index contributed by atoms with van der Waals surface area (Å²) in [5, 5.41) is 0. The van der Waals surface area contributed by atoms with E-state index in [9.17, 15) is 14.0 Å². The van der Waals surface area contributed by atoms with Gasteiger partial charge in [0, 0.05) is 24.3 Å². The largest absolute Gasteiger partial charge is 0.399 e. The highest BCUT2D eigenvalue weighted by atomic mass is 19.1. The predicted octanol–water partition coefficient (Wildman–Crippen LogP) is 0.745. The van der Waals surface area contributed by atoms with Crippen molar-refractivity contribution in [3.8, 4) is 0 Å². The molecule has 1 fully saturated rings. The van der Waals surface area contributed by atoms with Gasteiger partial charge in [-0.2, -0.15) is 0 Å². The van der Waals surface area contributed by atoms with Gasteiger partial charge < -0.3 is 16.4 Å². The minimum atomic E-state index is -0.714. The third-order valence-electron chi connectivity index (χ3n) is 3.52. The molecule has 2 rings (SSSR count). The number of amides is 2. The van der Waals surface area contributed by atoms with E-state index in [-0.39, 0.29) is 23.7 Å². The van der Waals surface area contributed by atoms with Crippen LogP contribution in [0, 0.1) is 11.2 Å². The number of likely N-dealkylation sites (tertiary alicyclic amines) is 1. The molecule has 1 aliphatic heterocycles. The maximum absolute atomic E-state index is 13.2. The molecule has 0 aliphatic carbocycles. The number of rotatable bonds is 2. The zero-order valence-electron chi connectivity index (χ0n) is 10.6. The lowest BCUT2D eigenvalue weighted by Gasteiger charge is -2.21. The summed E-state index contributed by atoms with van der Waals surface area (Å²) >= 11 is 0. The summed E-state index contributed by atoms with van der Waals surface area (Å²) in [5.41, 5.74) is 10.5. The first-order valence-corrected chi connectivity index (χ1v) is 5.97. The second-order valence-electron chi connectivity index (χ2n) is 5.17. The van der Waals surface area contributed by atoms with Crippen LogP contribution in [0.5, 0.6) is 0 Å². The van der Waals surface area contributed by atoms with E-state index in [4.69, 9.17) is 11.5 Å². The summed E-state index contributed by atoms with van der Waals surface area (Å²) in [4.78, 5) is 25.1. The van der Waals surface area contributed by atoms with E-state index < -0.39 is 17.1 Å². The van der Waals surface area contributed by atoms with Crippen LogP contribution in [0.25, 0.3) is 0 Å². The minimum absolute atomic E-state index is 0.186. The normalized spacial score (nSPS) is 22.5. The van der Waals surface area contributed by atoms with Gasteiger partial charge in [0.15, 0.2) is 0 Å². The van der Waals surface area contributed by atoms with Crippen molar-refractivity contribution in [1.29, 1.82) is 0 Å². The van der Waals surface area contributed by atoms with Gasteiger partial charge in [-0.05, 0) is 31.5 Å². The van der Waals surface area contributed by atoms with Crippen molar-refractivity contribution in [1.82, 2.24) is 4.90 Å². The standard InChI is InChI=1S/C13H16FN3O2/c1-13(12(16)19)2-3-17(7-13)11(18)8-4-9(14)6-10(15)5-8/h4-6H,2-3,7,15H2,1H3,(H2,16,19). The molecule has 6 heteroatoms. The molecular weight excluding hydrogens is 249 g/mol. The van der Waals surface area contributed by atoms with Crippen LogP contribution >= 0.6 is 0 Å². The summed E-state index contributed by atoms with van der Waals surface area (Å²) in [6.45, 7) is 2.40. The molecule has 0 saturated carbocycles. The van der Waals surface area contributed by atoms with Crippen LogP contribution in [-0.2, 0) is 4.79 Å². The molecule has 0 bridgehead atoms. The smallest absolute Gasteiger partial charge is 0.254 e. The number of benzene rings is 1. The third-order valence-corrected chi connectivity index (χ3v) is 3.52. The first-order chi connectivity index (χ1) is 8.82. The molecule has 1 saturated heterocycles. The molecule has 1 heterocycles. The lowest BCUT2D eigenvalue weighted by Crippen LogP contribution is -2.38. The van der Waals surface area contributed by atoms with E-state index in [0.29, 0.717) is 13.0 Å². The van der Waals surface area contributed by atoms with Crippen LogP contribution in [0.15, 0.2) is 18.2 Å². The van der Waals surface area contributed by atoms with Crippen molar-refractivity contribution >= 4 is 17.5 Å². The molecule has 0 aromatic heterocycles. The summed E-state index contributed by atoms with van der Waals surface area (Å²) in [6.07, 6.45) is 0.513. The number of hydrogen-bond donors (Lipinski definition) is 2. The van der Waals surface area contributed by atoms with E-state index in [1.807, 2.05) is 0 Å². The van der Waals surface area contributed by atoms with Crippen molar-refractivity contribution in [2.24, 2.45) is 11.1 Å². The van der Waals surface area contributed by atoms with Crippen LogP contribution in [0.3, 0.4) is 0 Å². The molecule has 4 N–H and O–H groups in total. The number of nitrogens with two attached hydrogens (primary N) is 2. The van der Waals surface area contributed by atoms with Crippen molar-refractivity contribution in [2.45, 2.75) is 13.3 Å². The Morgan fingerprint density at radius 2 is 2.05 bits per heavy atom. The topological polar surface area (TPSA) is 89.4 Å². The minimum Gasteiger partial charge on any atom is -0.399 e. The Kier molecular flexibility index (Phi) is 3.18. The van der Waals surface area contributed by atoms with Crippen molar-refractivity contribution in [2.75, 3.05) is 18.8 Å². The molecule has 0 spiro atoms. The van der Waals surface area contributed by atoms with E-state index in [1.54, 1.807) is 6.92 Å². The molecule has 5 nitrogen and oxygen atoms in total. The number of halogens is 1. The zero-order chi connectivity index (χ0) is 14.2. The number of hydrogen-bond acceptors (Lipinski definition) is 3. The first kappa shape index (κ1) is 13.3. The third kappa shape index (κ3) is 2.52. The van der Waals surface area contributed by atoms with Gasteiger partial charge in [-0.25, -0.2) is 4.39 Å². The molecule has 19 heavy (non-hydrogen) atoms. The maximum Gasteiger partial charge on any atom is 0.254 e. The zero-order valence-corrected chi connectivity index (χ0v) is 10.6. The van der Waals surface area contributed by atoms with Gasteiger partial charge >= 0.3 is 0 Å². The second kappa shape index (κ2) is 4.53. The Morgan fingerprint density at radius 1 is 1.37 bits per heavy atom. The van der Waals surface area contributed by atoms with Gasteiger partial charge in [-0.3, -0.25) is 9.59 Å². The molecule has 1 aromatic rings. The fourth-order valence-electron chi connectivity index (χ4n) is 2.25. The number of nitrogen functional groups attached to an aromatic ring is 1. The highest BCUT2D eigenvalue weighted by Crippen LogP contribution is 2.30. The molecular formula is C13H16FN3O2. The number of carbonyl (C=O) groups excluding carboxylic acids is 2. The van der Waals surface area contributed by atoms with Gasteiger partial charge in [0.25, 0.3) is 5.91 Å². The number of carbonyl (C=O) groups is 2. The van der Waals surface area contributed by atoms with E-state index in [0.717, 1.165) is 12.1 Å². The van der Waals surface area contributed by atoms with Gasteiger partial charge in [-0.1, -0.05) is 0 Å². The van der Waals surface area contributed by atoms with Crippen LogP contribution in [0.4, 0.5) is 10.1 Å². The maximum atomic E-state index is 13.2. The van der Waals surface area contributed by atoms with Crippen LogP contribution < -0.4 is 11.5 Å². The SMILES string of the molecule is CC1(C(N)=O)CCN(C(=O)c2cc(N)cc(F)c2)C1. The van der Waals surface area contributed by atoms with E-state index in [1.165, 1.54) is 11.0 Å². The highest BCUT2D eigenvalue weighted by molar-refractivity contribution is 5.96. The summed E-state index contributed by atoms with van der Waals surface area (Å²) in [7, 11) is 0. The Morgan fingerprint density at radius 3 is 2.58 bits per heavy atom. The fourth-order valence-corrected chi connectivity index (χ4v) is 2.25. The summed E-state index contributed by atoms with van der Waals surface area (Å²) < 4.78 is 13.2. The number of anilines is 1. The van der Waals surface area contributed by atoms with E-state index >= 15 is 0 Å². The van der Waals surface area contributed by atoms with Crippen molar-refractivity contribution < 1.29 is 14.0 Å². The molecule has 2 amide bonds. The lowest BCUT2D eigenvalue weighted by molar-refractivity contribution is -0.126. The summed E-state index contributed by atoms with van der Waals surface area (Å²) in [6, 6.07) is 3.71.